The highest BCUT2D eigenvalue weighted by atomic mass is 32.2. The second-order valence-corrected chi connectivity index (χ2v) is 6.76. The molecule has 0 amide bonds. The molecular formula is C16H17N3O2S. The van der Waals surface area contributed by atoms with Crippen LogP contribution in [0.4, 0.5) is 5.69 Å². The molecule has 5 nitrogen and oxygen atoms in total. The minimum absolute atomic E-state index is 0.0398. The minimum Gasteiger partial charge on any atom is -0.366 e. The van der Waals surface area contributed by atoms with Crippen LogP contribution in [0.2, 0.25) is 0 Å². The second-order valence-electron chi connectivity index (χ2n) is 5.20. The highest BCUT2D eigenvalue weighted by molar-refractivity contribution is 7.89. The van der Waals surface area contributed by atoms with Gasteiger partial charge in [0.15, 0.2) is 0 Å². The smallest absolute Gasteiger partial charge is 0.238 e. The third-order valence-electron chi connectivity index (χ3n) is 3.20. The van der Waals surface area contributed by atoms with E-state index in [1.165, 1.54) is 12.1 Å². The molecule has 0 radical (unpaired) electrons. The van der Waals surface area contributed by atoms with Crippen LogP contribution in [0.3, 0.4) is 0 Å². The quantitative estimate of drug-likeness (QED) is 0.906. The molecule has 6 heteroatoms. The Morgan fingerprint density at radius 1 is 1.09 bits per heavy atom. The van der Waals surface area contributed by atoms with Gasteiger partial charge < -0.3 is 5.32 Å². The third kappa shape index (κ3) is 3.85. The first-order valence-electron chi connectivity index (χ1n) is 6.67. The SMILES string of the molecule is Cc1cc(C)cc(C(C#N)Nc2ccc(S(N)(=O)=O)cc2)c1. The molecule has 0 saturated heterocycles. The summed E-state index contributed by atoms with van der Waals surface area (Å²) in [5.41, 5.74) is 3.69. The normalized spacial score (nSPS) is 12.5. The number of aryl methyl sites for hydroxylation is 2. The van der Waals surface area contributed by atoms with Crippen molar-refractivity contribution in [1.82, 2.24) is 0 Å². The fraction of sp³-hybridized carbons (Fsp3) is 0.188. The van der Waals surface area contributed by atoms with Crippen LogP contribution in [0.15, 0.2) is 47.4 Å². The maximum Gasteiger partial charge on any atom is 0.238 e. The summed E-state index contributed by atoms with van der Waals surface area (Å²) >= 11 is 0. The predicted molar refractivity (Wildman–Crippen MR) is 85.7 cm³/mol. The Morgan fingerprint density at radius 2 is 1.64 bits per heavy atom. The van der Waals surface area contributed by atoms with E-state index in [-0.39, 0.29) is 4.90 Å². The van der Waals surface area contributed by atoms with Crippen LogP contribution in [-0.2, 0) is 10.0 Å². The Balaban J connectivity index is 2.26. The van der Waals surface area contributed by atoms with Crippen molar-refractivity contribution in [3.8, 4) is 6.07 Å². The fourth-order valence-corrected chi connectivity index (χ4v) is 2.79. The van der Waals surface area contributed by atoms with Crippen LogP contribution >= 0.6 is 0 Å². The number of hydrogen-bond acceptors (Lipinski definition) is 4. The lowest BCUT2D eigenvalue weighted by molar-refractivity contribution is 0.598. The molecule has 0 bridgehead atoms. The number of hydrogen-bond donors (Lipinski definition) is 2. The molecule has 0 fully saturated rings. The van der Waals surface area contributed by atoms with Crippen molar-refractivity contribution >= 4 is 15.7 Å². The van der Waals surface area contributed by atoms with Crippen LogP contribution in [-0.4, -0.2) is 8.42 Å². The summed E-state index contributed by atoms with van der Waals surface area (Å²) in [7, 11) is -3.71. The fourth-order valence-electron chi connectivity index (χ4n) is 2.27. The Morgan fingerprint density at radius 3 is 2.09 bits per heavy atom. The molecule has 1 unspecified atom stereocenters. The maximum atomic E-state index is 11.2. The zero-order chi connectivity index (χ0) is 16.3. The van der Waals surface area contributed by atoms with E-state index >= 15 is 0 Å². The molecule has 2 aromatic rings. The van der Waals surface area contributed by atoms with Gasteiger partial charge in [0.25, 0.3) is 0 Å². The first-order chi connectivity index (χ1) is 10.3. The Hall–Kier alpha value is -2.36. The van der Waals surface area contributed by atoms with E-state index in [4.69, 9.17) is 5.14 Å². The van der Waals surface area contributed by atoms with Gasteiger partial charge in [0.2, 0.25) is 10.0 Å². The average Bonchev–Trinajstić information content (AvgIpc) is 2.43. The molecule has 0 saturated carbocycles. The van der Waals surface area contributed by atoms with Crippen molar-refractivity contribution in [2.75, 3.05) is 5.32 Å². The topological polar surface area (TPSA) is 96.0 Å². The summed E-state index contributed by atoms with van der Waals surface area (Å²) in [4.78, 5) is 0.0398. The van der Waals surface area contributed by atoms with E-state index in [2.05, 4.69) is 11.4 Å². The van der Waals surface area contributed by atoms with Crippen molar-refractivity contribution < 1.29 is 8.42 Å². The van der Waals surface area contributed by atoms with Crippen LogP contribution in [0, 0.1) is 25.2 Å². The molecular weight excluding hydrogens is 298 g/mol. The molecule has 0 aromatic heterocycles. The van der Waals surface area contributed by atoms with Gasteiger partial charge in [0.05, 0.1) is 11.0 Å². The zero-order valence-electron chi connectivity index (χ0n) is 12.4. The van der Waals surface area contributed by atoms with Crippen LogP contribution < -0.4 is 10.5 Å². The average molecular weight is 315 g/mol. The van der Waals surface area contributed by atoms with Crippen LogP contribution in [0.25, 0.3) is 0 Å². The Bertz CT molecular complexity index is 801. The monoisotopic (exact) mass is 315 g/mol. The van der Waals surface area contributed by atoms with Crippen LogP contribution in [0.1, 0.15) is 22.7 Å². The summed E-state index contributed by atoms with van der Waals surface area (Å²) in [6, 6.07) is 13.6. The van der Waals surface area contributed by atoms with E-state index < -0.39 is 16.1 Å². The minimum atomic E-state index is -3.71. The van der Waals surface area contributed by atoms with Gasteiger partial charge in [-0.2, -0.15) is 5.26 Å². The molecule has 3 N–H and O–H groups in total. The molecule has 0 spiro atoms. The number of nitrogens with two attached hydrogens (primary N) is 1. The predicted octanol–water partition coefficient (Wildman–Crippen LogP) is 2.63. The highest BCUT2D eigenvalue weighted by Crippen LogP contribution is 2.22. The molecule has 2 aromatic carbocycles. The molecule has 0 aliphatic carbocycles. The largest absolute Gasteiger partial charge is 0.366 e. The zero-order valence-corrected chi connectivity index (χ0v) is 13.2. The number of anilines is 1. The molecule has 1 atom stereocenters. The summed E-state index contributed by atoms with van der Waals surface area (Å²) in [6.45, 7) is 3.96. The Labute approximate surface area is 130 Å². The molecule has 2 rings (SSSR count). The lowest BCUT2D eigenvalue weighted by atomic mass is 10.0. The number of nitrogens with one attached hydrogen (secondary N) is 1. The summed E-state index contributed by atoms with van der Waals surface area (Å²) in [5, 5.41) is 17.5. The lowest BCUT2D eigenvalue weighted by Gasteiger charge is -2.15. The molecule has 0 aliphatic heterocycles. The van der Waals surface area contributed by atoms with Crippen molar-refractivity contribution in [3.63, 3.8) is 0 Å². The van der Waals surface area contributed by atoms with Gasteiger partial charge in [-0.05, 0) is 43.7 Å². The highest BCUT2D eigenvalue weighted by Gasteiger charge is 2.12. The van der Waals surface area contributed by atoms with Gasteiger partial charge in [-0.1, -0.05) is 29.3 Å². The first kappa shape index (κ1) is 16.0. The van der Waals surface area contributed by atoms with Gasteiger partial charge in [0, 0.05) is 5.69 Å². The summed E-state index contributed by atoms with van der Waals surface area (Å²) in [6.07, 6.45) is 0. The van der Waals surface area contributed by atoms with Crippen LogP contribution in [0.5, 0.6) is 0 Å². The maximum absolute atomic E-state index is 11.2. The van der Waals surface area contributed by atoms with E-state index in [9.17, 15) is 13.7 Å². The molecule has 0 aliphatic rings. The third-order valence-corrected chi connectivity index (χ3v) is 4.13. The summed E-state index contributed by atoms with van der Waals surface area (Å²) < 4.78 is 22.4. The first-order valence-corrected chi connectivity index (χ1v) is 8.21. The molecule has 22 heavy (non-hydrogen) atoms. The van der Waals surface area contributed by atoms with E-state index in [0.29, 0.717) is 5.69 Å². The van der Waals surface area contributed by atoms with Gasteiger partial charge in [-0.3, -0.25) is 0 Å². The number of nitrogens with zero attached hydrogens (tertiary/aromatic N) is 1. The molecule has 114 valence electrons. The number of sulfonamides is 1. The van der Waals surface area contributed by atoms with Crippen molar-refractivity contribution in [1.29, 1.82) is 5.26 Å². The Kier molecular flexibility index (Phi) is 4.50. The number of benzene rings is 2. The molecule has 0 heterocycles. The summed E-state index contributed by atoms with van der Waals surface area (Å²) in [5.74, 6) is 0. The van der Waals surface area contributed by atoms with Crippen molar-refractivity contribution in [2.45, 2.75) is 24.8 Å². The van der Waals surface area contributed by atoms with Gasteiger partial charge in [-0.15, -0.1) is 0 Å². The number of rotatable bonds is 4. The number of primary sulfonamides is 1. The second kappa shape index (κ2) is 6.18. The van der Waals surface area contributed by atoms with Gasteiger partial charge in [-0.25, -0.2) is 13.6 Å². The standard InChI is InChI=1S/C16H17N3O2S/c1-11-7-12(2)9-13(8-11)16(10-17)19-14-3-5-15(6-4-14)22(18,20)21/h3-9,16,19H,1-2H3,(H2,18,20,21). The van der Waals surface area contributed by atoms with Crippen molar-refractivity contribution in [3.05, 3.63) is 59.2 Å². The van der Waals surface area contributed by atoms with E-state index in [1.807, 2.05) is 32.0 Å². The van der Waals surface area contributed by atoms with E-state index in [1.54, 1.807) is 12.1 Å². The lowest BCUT2D eigenvalue weighted by Crippen LogP contribution is -2.12. The van der Waals surface area contributed by atoms with Crippen molar-refractivity contribution in [2.24, 2.45) is 5.14 Å². The number of nitriles is 1. The van der Waals surface area contributed by atoms with Gasteiger partial charge in [0.1, 0.15) is 6.04 Å². The van der Waals surface area contributed by atoms with Gasteiger partial charge >= 0.3 is 0 Å². The van der Waals surface area contributed by atoms with E-state index in [0.717, 1.165) is 16.7 Å².